The molecule has 2 aromatic rings. The van der Waals surface area contributed by atoms with E-state index in [1.54, 1.807) is 10.6 Å². The van der Waals surface area contributed by atoms with Gasteiger partial charge in [0, 0.05) is 36.8 Å². The first kappa shape index (κ1) is 16.6. The minimum absolute atomic E-state index is 0.00571. The van der Waals surface area contributed by atoms with E-state index in [-0.39, 0.29) is 34.1 Å². The van der Waals surface area contributed by atoms with E-state index >= 15 is 4.39 Å². The van der Waals surface area contributed by atoms with Crippen LogP contribution in [0.3, 0.4) is 0 Å². The van der Waals surface area contributed by atoms with Gasteiger partial charge in [0.2, 0.25) is 5.43 Å². The summed E-state index contributed by atoms with van der Waals surface area (Å²) in [5.74, 6) is -2.00. The van der Waals surface area contributed by atoms with Crippen LogP contribution in [0.15, 0.2) is 17.1 Å². The van der Waals surface area contributed by atoms with Crippen LogP contribution < -0.4 is 21.8 Å². The molecule has 0 amide bonds. The standard InChI is InChI=1S/C19H21FN4O3/c20-15-12(23-7-13(21)19(8-23)3-4-19)5-11-14(16(15)22)17(25)10(18(26)27)6-24(11)9-1-2-9/h5-6,9,13H,1-4,7-8,21-22H2,(H,26,27)/t13-/m1/s1. The maximum atomic E-state index is 15.1. The molecule has 5 rings (SSSR count). The molecule has 2 saturated carbocycles. The zero-order chi connectivity index (χ0) is 19.1. The van der Waals surface area contributed by atoms with Crippen molar-refractivity contribution < 1.29 is 14.3 Å². The summed E-state index contributed by atoms with van der Waals surface area (Å²) < 4.78 is 16.9. The zero-order valence-corrected chi connectivity index (χ0v) is 14.7. The number of benzene rings is 1. The summed E-state index contributed by atoms with van der Waals surface area (Å²) in [7, 11) is 0. The molecular formula is C19H21FN4O3. The van der Waals surface area contributed by atoms with Crippen molar-refractivity contribution in [3.8, 4) is 0 Å². The van der Waals surface area contributed by atoms with Crippen LogP contribution in [-0.4, -0.2) is 34.8 Å². The first-order valence-electron chi connectivity index (χ1n) is 9.23. The third-order valence-electron chi connectivity index (χ3n) is 6.39. The number of carboxylic acid groups (broad SMARTS) is 1. The van der Waals surface area contributed by atoms with Crippen molar-refractivity contribution in [3.63, 3.8) is 0 Å². The van der Waals surface area contributed by atoms with Gasteiger partial charge in [0.1, 0.15) is 5.56 Å². The number of nitrogen functional groups attached to an aromatic ring is 1. The zero-order valence-electron chi connectivity index (χ0n) is 14.7. The normalized spacial score (nSPS) is 23.3. The largest absolute Gasteiger partial charge is 0.477 e. The Morgan fingerprint density at radius 1 is 1.33 bits per heavy atom. The van der Waals surface area contributed by atoms with Gasteiger partial charge in [0.05, 0.1) is 22.3 Å². The number of aromatic nitrogens is 1. The van der Waals surface area contributed by atoms with E-state index in [1.165, 1.54) is 6.20 Å². The highest BCUT2D eigenvalue weighted by Crippen LogP contribution is 2.53. The van der Waals surface area contributed by atoms with Crippen LogP contribution in [0.5, 0.6) is 0 Å². The summed E-state index contributed by atoms with van der Waals surface area (Å²) >= 11 is 0. The van der Waals surface area contributed by atoms with Gasteiger partial charge < -0.3 is 26.0 Å². The summed E-state index contributed by atoms with van der Waals surface area (Å²) in [4.78, 5) is 26.1. The number of pyridine rings is 1. The molecule has 0 bridgehead atoms. The van der Waals surface area contributed by atoms with Crippen LogP contribution in [0.1, 0.15) is 42.1 Å². The number of anilines is 2. The van der Waals surface area contributed by atoms with Crippen molar-refractivity contribution in [2.24, 2.45) is 11.1 Å². The van der Waals surface area contributed by atoms with Crippen LogP contribution in [0.25, 0.3) is 10.9 Å². The van der Waals surface area contributed by atoms with Crippen molar-refractivity contribution in [3.05, 3.63) is 33.9 Å². The summed E-state index contributed by atoms with van der Waals surface area (Å²) in [6, 6.07) is 1.74. The van der Waals surface area contributed by atoms with Crippen molar-refractivity contribution in [2.75, 3.05) is 23.7 Å². The molecule has 7 nitrogen and oxygen atoms in total. The smallest absolute Gasteiger partial charge is 0.341 e. The van der Waals surface area contributed by atoms with Crippen LogP contribution in [0, 0.1) is 11.2 Å². The number of rotatable bonds is 3. The maximum absolute atomic E-state index is 15.1. The number of carbonyl (C=O) groups is 1. The van der Waals surface area contributed by atoms with Gasteiger partial charge in [-0.1, -0.05) is 0 Å². The van der Waals surface area contributed by atoms with Crippen LogP contribution in [0.2, 0.25) is 0 Å². The van der Waals surface area contributed by atoms with E-state index in [9.17, 15) is 14.7 Å². The number of halogens is 1. The van der Waals surface area contributed by atoms with E-state index in [4.69, 9.17) is 11.5 Å². The van der Waals surface area contributed by atoms with Crippen LogP contribution >= 0.6 is 0 Å². The monoisotopic (exact) mass is 372 g/mol. The predicted octanol–water partition coefficient (Wildman–Crippen LogP) is 1.68. The molecule has 27 heavy (non-hydrogen) atoms. The average molecular weight is 372 g/mol. The Morgan fingerprint density at radius 2 is 2.04 bits per heavy atom. The lowest BCUT2D eigenvalue weighted by molar-refractivity contribution is 0.0695. The Morgan fingerprint density at radius 3 is 2.59 bits per heavy atom. The number of hydrogen-bond donors (Lipinski definition) is 3. The Hall–Kier alpha value is -2.61. The summed E-state index contributed by atoms with van der Waals surface area (Å²) in [5, 5.41) is 9.31. The second-order valence-electron chi connectivity index (χ2n) is 8.18. The molecule has 3 aliphatic rings. The lowest BCUT2D eigenvalue weighted by Gasteiger charge is -2.22. The molecule has 1 atom stereocenters. The fourth-order valence-electron chi connectivity index (χ4n) is 4.40. The highest BCUT2D eigenvalue weighted by atomic mass is 19.1. The lowest BCUT2D eigenvalue weighted by Crippen LogP contribution is -2.30. The van der Waals surface area contributed by atoms with E-state index in [0.29, 0.717) is 24.3 Å². The average Bonchev–Trinajstić information content (AvgIpc) is 3.51. The number of aromatic carboxylic acids is 1. The summed E-state index contributed by atoms with van der Waals surface area (Å²) in [5.41, 5.74) is 11.8. The van der Waals surface area contributed by atoms with E-state index in [1.807, 2.05) is 4.90 Å². The topological polar surface area (TPSA) is 115 Å². The molecule has 1 aromatic heterocycles. The highest BCUT2D eigenvalue weighted by Gasteiger charge is 2.54. The second kappa shape index (κ2) is 5.22. The Kier molecular flexibility index (Phi) is 3.20. The van der Waals surface area contributed by atoms with E-state index in [2.05, 4.69) is 0 Å². The minimum atomic E-state index is -1.33. The van der Waals surface area contributed by atoms with Gasteiger partial charge in [-0.2, -0.15) is 0 Å². The van der Waals surface area contributed by atoms with Crippen molar-refractivity contribution in [1.29, 1.82) is 0 Å². The second-order valence-corrected chi connectivity index (χ2v) is 8.18. The summed E-state index contributed by atoms with van der Waals surface area (Å²) in [6.45, 7) is 1.22. The Balaban J connectivity index is 1.75. The number of nitrogens with two attached hydrogens (primary N) is 2. The quantitative estimate of drug-likeness (QED) is 0.706. The van der Waals surface area contributed by atoms with Crippen molar-refractivity contribution in [2.45, 2.75) is 37.8 Å². The van der Waals surface area contributed by atoms with Crippen molar-refractivity contribution in [1.82, 2.24) is 4.57 Å². The highest BCUT2D eigenvalue weighted by molar-refractivity contribution is 5.99. The van der Waals surface area contributed by atoms with Gasteiger partial charge in [-0.05, 0) is 31.7 Å². The molecular weight excluding hydrogens is 351 g/mol. The molecule has 1 spiro atoms. The Labute approximate surface area is 154 Å². The van der Waals surface area contributed by atoms with Gasteiger partial charge in [-0.3, -0.25) is 4.79 Å². The fraction of sp³-hybridized carbons (Fsp3) is 0.474. The minimum Gasteiger partial charge on any atom is -0.477 e. The number of nitrogens with zero attached hydrogens (tertiary/aromatic N) is 2. The fourth-order valence-corrected chi connectivity index (χ4v) is 4.40. The first-order chi connectivity index (χ1) is 12.8. The van der Waals surface area contributed by atoms with E-state index < -0.39 is 17.2 Å². The molecule has 0 radical (unpaired) electrons. The molecule has 8 heteroatoms. The lowest BCUT2D eigenvalue weighted by atomic mass is 10.0. The molecule has 1 saturated heterocycles. The molecule has 2 heterocycles. The molecule has 0 unspecified atom stereocenters. The number of fused-ring (bicyclic) bond motifs is 1. The molecule has 1 aromatic carbocycles. The molecule has 1 aliphatic heterocycles. The maximum Gasteiger partial charge on any atom is 0.341 e. The number of hydrogen-bond acceptors (Lipinski definition) is 5. The first-order valence-corrected chi connectivity index (χ1v) is 9.23. The molecule has 5 N–H and O–H groups in total. The van der Waals surface area contributed by atoms with Gasteiger partial charge >= 0.3 is 5.97 Å². The SMILES string of the molecule is Nc1c(F)c(N2C[C@@H](N)C3(CC3)C2)cc2c1c(=O)c(C(=O)O)cn2C1CC1. The molecule has 3 fully saturated rings. The van der Waals surface area contributed by atoms with Crippen molar-refractivity contribution >= 4 is 28.2 Å². The van der Waals surface area contributed by atoms with E-state index in [0.717, 1.165) is 25.7 Å². The molecule has 2 aliphatic carbocycles. The van der Waals surface area contributed by atoms with Crippen LogP contribution in [0.4, 0.5) is 15.8 Å². The third kappa shape index (κ3) is 2.29. The van der Waals surface area contributed by atoms with Crippen LogP contribution in [-0.2, 0) is 0 Å². The Bertz CT molecular complexity index is 1060. The number of carboxylic acids is 1. The third-order valence-corrected chi connectivity index (χ3v) is 6.39. The predicted molar refractivity (Wildman–Crippen MR) is 99.7 cm³/mol. The van der Waals surface area contributed by atoms with Gasteiger partial charge in [-0.25, -0.2) is 9.18 Å². The summed E-state index contributed by atoms with van der Waals surface area (Å²) in [6.07, 6.45) is 5.24. The molecule has 142 valence electrons. The van der Waals surface area contributed by atoms with Gasteiger partial charge in [-0.15, -0.1) is 0 Å². The van der Waals surface area contributed by atoms with Gasteiger partial charge in [0.15, 0.2) is 5.82 Å². The van der Waals surface area contributed by atoms with Gasteiger partial charge in [0.25, 0.3) is 0 Å².